The summed E-state index contributed by atoms with van der Waals surface area (Å²) in [4.78, 5) is 38.0. The molecule has 1 aromatic carbocycles. The fourth-order valence-corrected chi connectivity index (χ4v) is 11.2. The minimum absolute atomic E-state index is 0.00711. The van der Waals surface area contributed by atoms with Gasteiger partial charge >= 0.3 is 28.8 Å². The van der Waals surface area contributed by atoms with Crippen LogP contribution in [0.5, 0.6) is 5.88 Å². The molecule has 2 spiro atoms. The monoisotopic (exact) mass is 752 g/mol. The smallest absolute Gasteiger partial charge is 0.428 e. The Morgan fingerprint density at radius 2 is 1.89 bits per heavy atom. The van der Waals surface area contributed by atoms with Crippen LogP contribution in [-0.4, -0.2) is 85.9 Å². The molecule has 0 bridgehead atoms. The number of sulfone groups is 1. The van der Waals surface area contributed by atoms with Gasteiger partial charge in [-0.25, -0.2) is 13.2 Å². The zero-order valence-corrected chi connectivity index (χ0v) is 29.8. The minimum Gasteiger partial charge on any atom is -0.465 e. The van der Waals surface area contributed by atoms with E-state index in [-0.39, 0.29) is 83.8 Å². The summed E-state index contributed by atoms with van der Waals surface area (Å²) in [5, 5.41) is 14.5. The Morgan fingerprint density at radius 1 is 1.11 bits per heavy atom. The van der Waals surface area contributed by atoms with Crippen molar-refractivity contribution in [1.29, 1.82) is 0 Å². The van der Waals surface area contributed by atoms with E-state index in [9.17, 15) is 28.0 Å². The molecule has 0 N–H and O–H groups in total. The van der Waals surface area contributed by atoms with Crippen LogP contribution in [0.15, 0.2) is 56.0 Å². The van der Waals surface area contributed by atoms with Crippen LogP contribution >= 0.6 is 0 Å². The van der Waals surface area contributed by atoms with Crippen molar-refractivity contribution < 1.29 is 65.5 Å². The first-order chi connectivity index (χ1) is 25.3. The van der Waals surface area contributed by atoms with E-state index in [2.05, 4.69) is 28.7 Å². The first-order valence-corrected chi connectivity index (χ1v) is 19.1. The average Bonchev–Trinajstić information content (AvgIpc) is 4.07. The van der Waals surface area contributed by atoms with Crippen molar-refractivity contribution in [2.24, 2.45) is 17.3 Å². The maximum absolute atomic E-state index is 13.4. The highest BCUT2D eigenvalue weighted by atomic mass is 32.2. The van der Waals surface area contributed by atoms with E-state index in [1.165, 1.54) is 24.3 Å². The molecule has 0 amide bonds. The van der Waals surface area contributed by atoms with Crippen molar-refractivity contribution in [3.63, 3.8) is 0 Å². The number of epoxide rings is 3. The number of nitrogens with zero attached hydrogens (tertiary/aromatic N) is 2. The fourth-order valence-electron chi connectivity index (χ4n) is 9.88. The molecule has 7 aliphatic rings. The molecule has 9 atom stereocenters. The van der Waals surface area contributed by atoms with Gasteiger partial charge in [-0.1, -0.05) is 44.9 Å². The third kappa shape index (κ3) is 4.58. The van der Waals surface area contributed by atoms with Crippen molar-refractivity contribution in [2.45, 2.75) is 110 Å². The molecular weight excluding hydrogens is 716 g/mol. The lowest BCUT2D eigenvalue weighted by molar-refractivity contribution is -0.832. The second-order valence-corrected chi connectivity index (χ2v) is 16.9. The van der Waals surface area contributed by atoms with Crippen molar-refractivity contribution in [2.75, 3.05) is 13.2 Å². The van der Waals surface area contributed by atoms with E-state index >= 15 is 0 Å². The molecule has 3 aliphatic carbocycles. The van der Waals surface area contributed by atoms with Gasteiger partial charge in [0.2, 0.25) is 0 Å². The molecule has 0 unspecified atom stereocenters. The molecule has 280 valence electrons. The van der Waals surface area contributed by atoms with Crippen LogP contribution in [0.1, 0.15) is 59.3 Å². The molecule has 5 fully saturated rings. The average molecular weight is 753 g/mol. The minimum atomic E-state index is -4.31. The van der Waals surface area contributed by atoms with Crippen LogP contribution < -0.4 is 9.64 Å². The standard InChI is InChI=1S/C36H36N2O14S/c1-19(2)34-27(50-34)28-36(51-28)33(3)14-13-21-22(18-47-31(21)41)23(33)17-24-35(36,49-24)32(34)48-26(40)12-11-25(39)45-15-7-8-16-46-29-30(38(42)52-37-29)53(43,44)20-9-5-4-6-10-20/h4-6,9-10,19,23-24,27-28,32H,7,11-15,17-18H2,1-3H3/t23-,24-,27-,28-,32+,33-,34-,35+,36+/m0/s1. The van der Waals surface area contributed by atoms with E-state index in [1.54, 1.807) is 6.07 Å². The maximum Gasteiger partial charge on any atom is 0.428 e. The second-order valence-electron chi connectivity index (χ2n) is 15.1. The summed E-state index contributed by atoms with van der Waals surface area (Å²) >= 11 is 0. The summed E-state index contributed by atoms with van der Waals surface area (Å²) in [6.45, 7) is 6.39. The first kappa shape index (κ1) is 34.3. The van der Waals surface area contributed by atoms with Crippen molar-refractivity contribution in [1.82, 2.24) is 5.16 Å². The largest absolute Gasteiger partial charge is 0.465 e. The van der Waals surface area contributed by atoms with Crippen LogP contribution in [0.4, 0.5) is 0 Å². The number of carbonyl (C=O) groups excluding carboxylic acids is 3. The van der Waals surface area contributed by atoms with E-state index in [0.717, 1.165) is 11.1 Å². The third-order valence-electron chi connectivity index (χ3n) is 12.4. The Balaban J connectivity index is 0.813. The SMILES string of the molecule is CC(C)[C@]12O[C@H]1[C@@H]1O[C@]13[C@]1(O[C@H]1C[C@H]1C4=C(CC[C@@]13C)C(=O)OC4)[C@@H]2OC(=O)CCC(=O)OCCC#COc1no[n+]([O-])c1S(=O)(=O)c1ccccc1. The van der Waals surface area contributed by atoms with Crippen LogP contribution in [0.3, 0.4) is 0 Å². The van der Waals surface area contributed by atoms with Gasteiger partial charge in [0.15, 0.2) is 11.7 Å². The third-order valence-corrected chi connectivity index (χ3v) is 14.1. The number of hydrogen-bond acceptors (Lipinski definition) is 15. The lowest BCUT2D eigenvalue weighted by atomic mass is 9.46. The van der Waals surface area contributed by atoms with E-state index in [4.69, 9.17) is 33.2 Å². The zero-order valence-electron chi connectivity index (χ0n) is 29.0. The molecule has 17 heteroatoms. The predicted octanol–water partition coefficient (Wildman–Crippen LogP) is 1.86. The summed E-state index contributed by atoms with van der Waals surface area (Å²) in [5.41, 5.74) is -0.996. The highest BCUT2D eigenvalue weighted by Gasteiger charge is 3.01. The van der Waals surface area contributed by atoms with Crippen LogP contribution in [-0.2, 0) is 52.6 Å². The van der Waals surface area contributed by atoms with Crippen molar-refractivity contribution >= 4 is 27.7 Å². The second kappa shape index (κ2) is 11.5. The van der Waals surface area contributed by atoms with E-state index in [0.29, 0.717) is 19.3 Å². The number of benzene rings is 1. The van der Waals surface area contributed by atoms with Gasteiger partial charge in [-0.05, 0) is 53.7 Å². The van der Waals surface area contributed by atoms with Crippen LogP contribution in [0, 0.1) is 34.5 Å². The Kier molecular flexibility index (Phi) is 7.44. The number of rotatable bonds is 10. The summed E-state index contributed by atoms with van der Waals surface area (Å²) < 4.78 is 71.9. The Bertz CT molecular complexity index is 2140. The van der Waals surface area contributed by atoms with Gasteiger partial charge in [-0.2, -0.15) is 0 Å². The van der Waals surface area contributed by atoms with Gasteiger partial charge in [0.1, 0.15) is 42.7 Å². The van der Waals surface area contributed by atoms with Gasteiger partial charge in [-0.3, -0.25) is 14.2 Å². The molecule has 1 aromatic heterocycles. The lowest BCUT2D eigenvalue weighted by Crippen LogP contribution is -2.70. The normalized spacial score (nSPS) is 36.6. The molecule has 3 saturated heterocycles. The highest BCUT2D eigenvalue weighted by molar-refractivity contribution is 7.91. The fraction of sp³-hybridized carbons (Fsp3) is 0.583. The number of aromatic nitrogens is 2. The molecular formula is C36H36N2O14S. The van der Waals surface area contributed by atoms with Crippen LogP contribution in [0.25, 0.3) is 0 Å². The van der Waals surface area contributed by atoms with Crippen LogP contribution in [0.2, 0.25) is 0 Å². The molecule has 9 rings (SSSR count). The molecule has 4 aliphatic heterocycles. The number of cyclic esters (lactones) is 1. The summed E-state index contributed by atoms with van der Waals surface area (Å²) in [6.07, 6.45) is 2.19. The quantitative estimate of drug-likeness (QED) is 0.0846. The number of ether oxygens (including phenoxy) is 7. The topological polar surface area (TPSA) is 213 Å². The van der Waals surface area contributed by atoms with Gasteiger partial charge in [-0.15, -0.1) is 0 Å². The van der Waals surface area contributed by atoms with Gasteiger partial charge in [0.05, 0.1) is 29.0 Å². The number of hydrogen-bond donors (Lipinski definition) is 0. The summed E-state index contributed by atoms with van der Waals surface area (Å²) in [5.74, 6) is 0.445. The first-order valence-electron chi connectivity index (χ1n) is 17.6. The molecule has 5 heterocycles. The Morgan fingerprint density at radius 3 is 2.66 bits per heavy atom. The Labute approximate surface area is 303 Å². The summed E-state index contributed by atoms with van der Waals surface area (Å²) in [7, 11) is -4.31. The molecule has 16 nitrogen and oxygen atoms in total. The lowest BCUT2D eigenvalue weighted by Gasteiger charge is -2.53. The molecule has 2 aromatic rings. The van der Waals surface area contributed by atoms with Crippen molar-refractivity contribution in [3.8, 4) is 17.9 Å². The van der Waals surface area contributed by atoms with E-state index in [1.807, 2.05) is 13.8 Å². The summed E-state index contributed by atoms with van der Waals surface area (Å²) in [6, 6.07) is 7.20. The van der Waals surface area contributed by atoms with Gasteiger partial charge in [0.25, 0.3) is 9.84 Å². The number of carbonyl (C=O) groups is 3. The molecule has 2 saturated carbocycles. The predicted molar refractivity (Wildman–Crippen MR) is 172 cm³/mol. The van der Waals surface area contributed by atoms with Gasteiger partial charge in [0, 0.05) is 17.4 Å². The molecule has 0 radical (unpaired) electrons. The van der Waals surface area contributed by atoms with Crippen molar-refractivity contribution in [3.05, 3.63) is 46.7 Å². The number of fused-ring (bicyclic) bond motifs is 4. The number of esters is 3. The molecule has 53 heavy (non-hydrogen) atoms. The zero-order chi connectivity index (χ0) is 37.1. The Hall–Kier alpha value is -4.50. The highest BCUT2D eigenvalue weighted by Crippen LogP contribution is 2.83. The maximum atomic E-state index is 13.4. The van der Waals surface area contributed by atoms with E-state index < -0.39 is 55.6 Å². The van der Waals surface area contributed by atoms with Gasteiger partial charge < -0.3 is 38.4 Å².